The van der Waals surface area contributed by atoms with E-state index in [0.717, 1.165) is 5.56 Å². The molecule has 29 heavy (non-hydrogen) atoms. The second-order valence-electron chi connectivity index (χ2n) is 7.20. The van der Waals surface area contributed by atoms with Gasteiger partial charge in [-0.05, 0) is 12.0 Å². The molecule has 0 saturated carbocycles. The summed E-state index contributed by atoms with van der Waals surface area (Å²) in [5, 5.41) is 59.4. The third-order valence-electron chi connectivity index (χ3n) is 5.06. The number of ether oxygens (including phenoxy) is 4. The Morgan fingerprint density at radius 3 is 2.21 bits per heavy atom. The summed E-state index contributed by atoms with van der Waals surface area (Å²) in [6, 6.07) is 9.54. The molecule has 164 valence electrons. The van der Waals surface area contributed by atoms with Gasteiger partial charge >= 0.3 is 0 Å². The molecule has 10 heteroatoms. The second kappa shape index (κ2) is 10.2. The van der Waals surface area contributed by atoms with Crippen molar-refractivity contribution in [1.82, 2.24) is 0 Å². The Morgan fingerprint density at radius 2 is 1.48 bits per heavy atom. The highest BCUT2D eigenvalue weighted by Gasteiger charge is 2.45. The molecule has 1 aromatic rings. The van der Waals surface area contributed by atoms with Gasteiger partial charge in [0.1, 0.15) is 42.7 Å². The standard InChI is InChI=1S/C19H28O10/c20-11-8-27-18(16(24)13(11)21)28-9-12-14(22)15(23)17(25)19(29-12)26-7-6-10-4-2-1-3-5-10/h1-5,11-25H,6-9H2/t11-,12-,13+,14-,15+,16-,17-,18?,19?/m1/s1. The molecule has 3 rings (SSSR count). The highest BCUT2D eigenvalue weighted by molar-refractivity contribution is 5.14. The van der Waals surface area contributed by atoms with Gasteiger partial charge in [0, 0.05) is 0 Å². The van der Waals surface area contributed by atoms with Crippen molar-refractivity contribution in [2.75, 3.05) is 19.8 Å². The monoisotopic (exact) mass is 416 g/mol. The van der Waals surface area contributed by atoms with Crippen molar-refractivity contribution in [2.24, 2.45) is 0 Å². The van der Waals surface area contributed by atoms with Crippen molar-refractivity contribution in [3.8, 4) is 0 Å². The number of aliphatic hydroxyl groups excluding tert-OH is 6. The zero-order chi connectivity index (χ0) is 21.0. The van der Waals surface area contributed by atoms with Gasteiger partial charge in [-0.25, -0.2) is 0 Å². The zero-order valence-corrected chi connectivity index (χ0v) is 15.7. The summed E-state index contributed by atoms with van der Waals surface area (Å²) in [7, 11) is 0. The summed E-state index contributed by atoms with van der Waals surface area (Å²) in [6.07, 6.45) is -11.5. The molecule has 0 radical (unpaired) electrons. The topological polar surface area (TPSA) is 158 Å². The van der Waals surface area contributed by atoms with Crippen molar-refractivity contribution < 1.29 is 49.6 Å². The number of benzene rings is 1. The Morgan fingerprint density at radius 1 is 0.793 bits per heavy atom. The van der Waals surface area contributed by atoms with E-state index < -0.39 is 55.3 Å². The van der Waals surface area contributed by atoms with Crippen molar-refractivity contribution in [3.63, 3.8) is 0 Å². The first-order valence-corrected chi connectivity index (χ1v) is 9.51. The van der Waals surface area contributed by atoms with E-state index in [2.05, 4.69) is 0 Å². The number of hydrogen-bond acceptors (Lipinski definition) is 10. The molecule has 0 aromatic heterocycles. The van der Waals surface area contributed by atoms with Crippen molar-refractivity contribution >= 4 is 0 Å². The van der Waals surface area contributed by atoms with Crippen LogP contribution in [-0.4, -0.2) is 106 Å². The first-order valence-electron chi connectivity index (χ1n) is 9.51. The minimum atomic E-state index is -1.52. The summed E-state index contributed by atoms with van der Waals surface area (Å²) in [5.74, 6) is 0. The van der Waals surface area contributed by atoms with Gasteiger partial charge in [-0.2, -0.15) is 0 Å². The molecule has 6 N–H and O–H groups in total. The van der Waals surface area contributed by atoms with Gasteiger partial charge in [-0.1, -0.05) is 30.3 Å². The summed E-state index contributed by atoms with van der Waals surface area (Å²) < 4.78 is 21.6. The van der Waals surface area contributed by atoms with Crippen LogP contribution in [-0.2, 0) is 25.4 Å². The second-order valence-corrected chi connectivity index (χ2v) is 7.20. The lowest BCUT2D eigenvalue weighted by atomic mass is 9.99. The molecule has 2 saturated heterocycles. The lowest BCUT2D eigenvalue weighted by Gasteiger charge is -2.41. The molecule has 2 fully saturated rings. The highest BCUT2D eigenvalue weighted by Crippen LogP contribution is 2.24. The van der Waals surface area contributed by atoms with Gasteiger partial charge in [0.15, 0.2) is 12.6 Å². The van der Waals surface area contributed by atoms with E-state index in [1.807, 2.05) is 30.3 Å². The van der Waals surface area contributed by atoms with Crippen LogP contribution >= 0.6 is 0 Å². The number of hydrogen-bond donors (Lipinski definition) is 6. The minimum Gasteiger partial charge on any atom is -0.388 e. The molecule has 1 aromatic carbocycles. The quantitative estimate of drug-likeness (QED) is 0.281. The van der Waals surface area contributed by atoms with Gasteiger partial charge in [0.05, 0.1) is 19.8 Å². The highest BCUT2D eigenvalue weighted by atomic mass is 16.7. The Labute approximate surface area is 167 Å². The normalized spacial score (nSPS) is 40.7. The number of aliphatic hydroxyl groups is 6. The average molecular weight is 416 g/mol. The summed E-state index contributed by atoms with van der Waals surface area (Å²) in [5.41, 5.74) is 1.03. The van der Waals surface area contributed by atoms with Crippen LogP contribution in [0, 0.1) is 0 Å². The van der Waals surface area contributed by atoms with Crippen LogP contribution in [0.2, 0.25) is 0 Å². The van der Waals surface area contributed by atoms with Crippen LogP contribution in [0.4, 0.5) is 0 Å². The first kappa shape index (κ1) is 22.5. The van der Waals surface area contributed by atoms with Crippen molar-refractivity contribution in [2.45, 2.75) is 61.7 Å². The van der Waals surface area contributed by atoms with Gasteiger partial charge in [-0.15, -0.1) is 0 Å². The predicted octanol–water partition coefficient (Wildman–Crippen LogP) is -2.49. The minimum absolute atomic E-state index is 0.219. The van der Waals surface area contributed by atoms with E-state index in [-0.39, 0.29) is 19.8 Å². The lowest BCUT2D eigenvalue weighted by molar-refractivity contribution is -0.320. The molecule has 2 aliphatic rings. The molecule has 9 atom stereocenters. The smallest absolute Gasteiger partial charge is 0.186 e. The van der Waals surface area contributed by atoms with E-state index in [0.29, 0.717) is 6.42 Å². The molecule has 0 amide bonds. The molecule has 0 bridgehead atoms. The average Bonchev–Trinajstić information content (AvgIpc) is 2.73. The van der Waals surface area contributed by atoms with E-state index >= 15 is 0 Å². The van der Waals surface area contributed by atoms with E-state index in [4.69, 9.17) is 18.9 Å². The van der Waals surface area contributed by atoms with Gasteiger partial charge in [-0.3, -0.25) is 0 Å². The zero-order valence-electron chi connectivity index (χ0n) is 15.7. The van der Waals surface area contributed by atoms with E-state index in [1.54, 1.807) is 0 Å². The maximum absolute atomic E-state index is 10.2. The van der Waals surface area contributed by atoms with E-state index in [9.17, 15) is 30.6 Å². The molecule has 2 heterocycles. The largest absolute Gasteiger partial charge is 0.388 e. The maximum Gasteiger partial charge on any atom is 0.186 e. The Kier molecular flexibility index (Phi) is 7.93. The third kappa shape index (κ3) is 5.50. The lowest BCUT2D eigenvalue weighted by Crippen LogP contribution is -2.60. The van der Waals surface area contributed by atoms with Gasteiger partial charge in [0.2, 0.25) is 0 Å². The third-order valence-corrected chi connectivity index (χ3v) is 5.06. The predicted molar refractivity (Wildman–Crippen MR) is 96.5 cm³/mol. The van der Waals surface area contributed by atoms with Crippen LogP contribution in [0.3, 0.4) is 0 Å². The Hall–Kier alpha value is -1.18. The fourth-order valence-electron chi connectivity index (χ4n) is 3.25. The maximum atomic E-state index is 10.2. The first-order chi connectivity index (χ1) is 13.9. The SMILES string of the molecule is O[C@H]1[C@H](O)[C@@H](O)C(OCCc2ccccc2)O[C@@H]1COC1OC[C@@H](O)[C@H](O)[C@H]1O. The number of rotatable bonds is 7. The molecule has 10 nitrogen and oxygen atoms in total. The van der Waals surface area contributed by atoms with Crippen molar-refractivity contribution in [1.29, 1.82) is 0 Å². The molecular weight excluding hydrogens is 388 g/mol. The van der Waals surface area contributed by atoms with Crippen LogP contribution in [0.25, 0.3) is 0 Å². The fraction of sp³-hybridized carbons (Fsp3) is 0.684. The Bertz CT molecular complexity index is 616. The van der Waals surface area contributed by atoms with Gasteiger partial charge < -0.3 is 49.6 Å². The van der Waals surface area contributed by atoms with E-state index in [1.165, 1.54) is 0 Å². The fourth-order valence-corrected chi connectivity index (χ4v) is 3.25. The molecule has 2 aliphatic heterocycles. The van der Waals surface area contributed by atoms with Crippen molar-refractivity contribution in [3.05, 3.63) is 35.9 Å². The summed E-state index contributed by atoms with van der Waals surface area (Å²) in [6.45, 7) is -0.325. The van der Waals surface area contributed by atoms with Crippen LogP contribution in [0.1, 0.15) is 5.56 Å². The summed E-state index contributed by atoms with van der Waals surface area (Å²) >= 11 is 0. The molecule has 2 unspecified atom stereocenters. The van der Waals surface area contributed by atoms with Crippen LogP contribution in [0.15, 0.2) is 30.3 Å². The molecule has 0 aliphatic carbocycles. The van der Waals surface area contributed by atoms with Crippen LogP contribution in [0.5, 0.6) is 0 Å². The Balaban J connectivity index is 1.51. The molecular formula is C19H28O10. The van der Waals surface area contributed by atoms with Gasteiger partial charge in [0.25, 0.3) is 0 Å². The summed E-state index contributed by atoms with van der Waals surface area (Å²) in [4.78, 5) is 0. The molecule has 0 spiro atoms. The van der Waals surface area contributed by atoms with Crippen LogP contribution < -0.4 is 0 Å².